The molecule has 0 aromatic carbocycles. The highest BCUT2D eigenvalue weighted by molar-refractivity contribution is 8.14. The fraction of sp³-hybridized carbons (Fsp3) is 0.444. The number of ether oxygens (including phenoxy) is 1. The summed E-state index contributed by atoms with van der Waals surface area (Å²) in [5.74, 6) is 7.05. The third-order valence-corrected chi connectivity index (χ3v) is 7.34. The number of rotatable bonds is 5. The molecule has 5 rings (SSSR count). The van der Waals surface area contributed by atoms with Gasteiger partial charge in [-0.15, -0.1) is 0 Å². The number of amidine groups is 1. The van der Waals surface area contributed by atoms with Crippen molar-refractivity contribution in [3.05, 3.63) is 35.8 Å². The average molecular weight is 537 g/mol. The first-order valence-electron chi connectivity index (χ1n) is 12.4. The molecule has 1 saturated heterocycles. The fourth-order valence-electron chi connectivity index (χ4n) is 4.32. The zero-order chi connectivity index (χ0) is 27.0. The van der Waals surface area contributed by atoms with Crippen LogP contribution in [-0.4, -0.2) is 46.0 Å². The molecule has 2 atom stereocenters. The van der Waals surface area contributed by atoms with E-state index in [0.29, 0.717) is 46.7 Å². The number of pyridine rings is 2. The second-order valence-corrected chi connectivity index (χ2v) is 11.5. The van der Waals surface area contributed by atoms with Crippen LogP contribution >= 0.6 is 11.8 Å². The standard InChI is InChI=1S/C27H29FN6O3S/c1-15(28)20-9-18(21(37-4)13-29-20)17-10-22(34-14-27(2,3)11-24(34)35)30-12-19(17)25(36)31-26-33-32-23(38-26)8-7-16-5-6-16/h9-10,12-13,15-16,23,32H,5-6,11,14H2,1-4H3,(H,31,33,36). The normalized spacial score (nSPS) is 20.8. The van der Waals surface area contributed by atoms with Crippen LogP contribution in [0.4, 0.5) is 10.2 Å². The summed E-state index contributed by atoms with van der Waals surface area (Å²) in [5, 5.41) is 7.17. The molecule has 2 aromatic rings. The number of hydrazone groups is 1. The number of aromatic nitrogens is 2. The number of methoxy groups -OCH3 is 1. The van der Waals surface area contributed by atoms with E-state index in [2.05, 4.69) is 37.7 Å². The third-order valence-electron chi connectivity index (χ3n) is 6.46. The van der Waals surface area contributed by atoms with Gasteiger partial charge in [0.2, 0.25) is 5.91 Å². The Morgan fingerprint density at radius 2 is 2.05 bits per heavy atom. The topological polar surface area (TPSA) is 109 Å². The molecule has 2 aliphatic heterocycles. The molecule has 1 aliphatic carbocycles. The molecule has 0 bridgehead atoms. The largest absolute Gasteiger partial charge is 0.494 e. The number of alkyl halides is 1. The summed E-state index contributed by atoms with van der Waals surface area (Å²) in [6.45, 7) is 5.92. The molecule has 11 heteroatoms. The van der Waals surface area contributed by atoms with Crippen molar-refractivity contribution in [2.24, 2.45) is 16.4 Å². The van der Waals surface area contributed by atoms with Crippen LogP contribution < -0.4 is 20.4 Å². The van der Waals surface area contributed by atoms with Crippen LogP contribution in [0, 0.1) is 23.2 Å². The summed E-state index contributed by atoms with van der Waals surface area (Å²) in [6.07, 6.45) is 4.17. The second-order valence-electron chi connectivity index (χ2n) is 10.4. The number of nitrogens with zero attached hydrogens (tertiary/aromatic N) is 4. The predicted octanol–water partition coefficient (Wildman–Crippen LogP) is 4.02. The molecule has 9 nitrogen and oxygen atoms in total. The van der Waals surface area contributed by atoms with E-state index in [9.17, 15) is 14.0 Å². The van der Waals surface area contributed by atoms with Crippen molar-refractivity contribution in [3.63, 3.8) is 0 Å². The van der Waals surface area contributed by atoms with Gasteiger partial charge in [-0.3, -0.25) is 30.2 Å². The van der Waals surface area contributed by atoms with E-state index in [-0.39, 0.29) is 28.0 Å². The molecule has 0 radical (unpaired) electrons. The molecule has 2 unspecified atom stereocenters. The Bertz CT molecular complexity index is 1380. The first kappa shape index (κ1) is 26.0. The first-order chi connectivity index (χ1) is 18.1. The lowest BCUT2D eigenvalue weighted by Gasteiger charge is -2.21. The van der Waals surface area contributed by atoms with Gasteiger partial charge < -0.3 is 4.74 Å². The summed E-state index contributed by atoms with van der Waals surface area (Å²) in [5.41, 5.74) is 4.04. The molecule has 3 aliphatic rings. The Morgan fingerprint density at radius 3 is 2.71 bits per heavy atom. The van der Waals surface area contributed by atoms with Crippen molar-refractivity contribution in [3.8, 4) is 28.7 Å². The average Bonchev–Trinajstić information content (AvgIpc) is 3.54. The minimum absolute atomic E-state index is 0.0495. The van der Waals surface area contributed by atoms with Crippen LogP contribution in [0.15, 0.2) is 29.6 Å². The van der Waals surface area contributed by atoms with Gasteiger partial charge in [0.15, 0.2) is 10.5 Å². The summed E-state index contributed by atoms with van der Waals surface area (Å²) in [4.78, 5) is 36.5. The SMILES string of the molecule is COc1cnc(C(C)F)cc1-c1cc(N2CC(C)(C)CC2=O)ncc1C(=O)NC1=NNC(C#CC2CC2)S1. The number of halogens is 1. The Balaban J connectivity index is 1.50. The number of hydrogen-bond acceptors (Lipinski definition) is 8. The summed E-state index contributed by atoms with van der Waals surface area (Å²) >= 11 is 1.32. The number of hydrogen-bond donors (Lipinski definition) is 2. The van der Waals surface area contributed by atoms with Crippen LogP contribution in [0.1, 0.15) is 62.3 Å². The molecule has 2 aromatic heterocycles. The Morgan fingerprint density at radius 1 is 1.26 bits per heavy atom. The summed E-state index contributed by atoms with van der Waals surface area (Å²) in [6, 6.07) is 3.23. The van der Waals surface area contributed by atoms with E-state index in [1.54, 1.807) is 17.0 Å². The number of carbonyl (C=O) groups is 2. The van der Waals surface area contributed by atoms with E-state index < -0.39 is 12.1 Å². The van der Waals surface area contributed by atoms with Crippen LogP contribution in [0.3, 0.4) is 0 Å². The van der Waals surface area contributed by atoms with Crippen molar-refractivity contribution >= 4 is 34.6 Å². The van der Waals surface area contributed by atoms with E-state index in [4.69, 9.17) is 4.74 Å². The minimum atomic E-state index is -1.33. The van der Waals surface area contributed by atoms with Gasteiger partial charge in [0.05, 0.1) is 24.6 Å². The van der Waals surface area contributed by atoms with Crippen LogP contribution in [0.2, 0.25) is 0 Å². The maximum atomic E-state index is 14.2. The highest BCUT2D eigenvalue weighted by Gasteiger charge is 2.37. The molecule has 1 saturated carbocycles. The van der Waals surface area contributed by atoms with E-state index in [0.717, 1.165) is 12.8 Å². The molecule has 2 N–H and O–H groups in total. The van der Waals surface area contributed by atoms with Crippen molar-refractivity contribution in [1.29, 1.82) is 0 Å². The van der Waals surface area contributed by atoms with Crippen molar-refractivity contribution < 1.29 is 18.7 Å². The van der Waals surface area contributed by atoms with Gasteiger partial charge in [0.25, 0.3) is 5.91 Å². The van der Waals surface area contributed by atoms with E-state index >= 15 is 0 Å². The number of amides is 2. The zero-order valence-corrected chi connectivity index (χ0v) is 22.5. The number of thioether (sulfide) groups is 1. The first-order valence-corrected chi connectivity index (χ1v) is 13.3. The van der Waals surface area contributed by atoms with Gasteiger partial charge in [-0.1, -0.05) is 25.7 Å². The predicted molar refractivity (Wildman–Crippen MR) is 144 cm³/mol. The van der Waals surface area contributed by atoms with Gasteiger partial charge in [-0.2, -0.15) is 5.10 Å². The van der Waals surface area contributed by atoms with Gasteiger partial charge >= 0.3 is 0 Å². The molecule has 4 heterocycles. The quantitative estimate of drug-likeness (QED) is 0.556. The van der Waals surface area contributed by atoms with Crippen LogP contribution in [0.5, 0.6) is 5.75 Å². The smallest absolute Gasteiger partial charge is 0.259 e. The van der Waals surface area contributed by atoms with E-state index in [1.165, 1.54) is 38.2 Å². The Labute approximate surface area is 225 Å². The molecule has 0 spiro atoms. The molecular weight excluding hydrogens is 507 g/mol. The van der Waals surface area contributed by atoms with Crippen molar-refractivity contribution in [1.82, 2.24) is 20.7 Å². The molecule has 198 valence electrons. The zero-order valence-electron chi connectivity index (χ0n) is 21.7. The number of carbonyl (C=O) groups excluding carboxylic acids is 2. The summed E-state index contributed by atoms with van der Waals surface area (Å²) in [7, 11) is 1.48. The highest BCUT2D eigenvalue weighted by atomic mass is 32.2. The lowest BCUT2D eigenvalue weighted by Crippen LogP contribution is -2.30. The van der Waals surface area contributed by atoms with Crippen molar-refractivity contribution in [2.75, 3.05) is 18.6 Å². The minimum Gasteiger partial charge on any atom is -0.494 e. The molecular formula is C27H29FN6O3S. The molecule has 38 heavy (non-hydrogen) atoms. The maximum absolute atomic E-state index is 14.2. The lowest BCUT2D eigenvalue weighted by atomic mass is 9.93. The van der Waals surface area contributed by atoms with Gasteiger partial charge in [-0.25, -0.2) is 9.37 Å². The van der Waals surface area contributed by atoms with Crippen molar-refractivity contribution in [2.45, 2.75) is 51.6 Å². The van der Waals surface area contributed by atoms with Gasteiger partial charge in [-0.05, 0) is 49.1 Å². The second kappa shape index (κ2) is 10.3. The lowest BCUT2D eigenvalue weighted by molar-refractivity contribution is -0.117. The monoisotopic (exact) mass is 536 g/mol. The molecule has 2 amide bonds. The number of anilines is 1. The van der Waals surface area contributed by atoms with Crippen LogP contribution in [-0.2, 0) is 4.79 Å². The van der Waals surface area contributed by atoms with Crippen LogP contribution in [0.25, 0.3) is 11.1 Å². The molecule has 2 fully saturated rings. The number of nitrogens with one attached hydrogen (secondary N) is 2. The summed E-state index contributed by atoms with van der Waals surface area (Å²) < 4.78 is 19.7. The fourth-order valence-corrected chi connectivity index (χ4v) is 5.03. The maximum Gasteiger partial charge on any atom is 0.259 e. The Hall–Kier alpha value is -3.65. The van der Waals surface area contributed by atoms with Gasteiger partial charge in [0, 0.05) is 36.2 Å². The Kier molecular flexibility index (Phi) is 7.01. The van der Waals surface area contributed by atoms with Gasteiger partial charge in [0.1, 0.15) is 17.7 Å². The highest BCUT2D eigenvalue weighted by Crippen LogP contribution is 2.38. The third kappa shape index (κ3) is 5.60. The van der Waals surface area contributed by atoms with E-state index in [1.807, 2.05) is 13.8 Å².